The second-order valence-corrected chi connectivity index (χ2v) is 12.6. The number of carboxylic acids is 1. The maximum atomic E-state index is 12.2. The van der Waals surface area contributed by atoms with E-state index in [0.717, 1.165) is 54.7 Å². The Hall–Kier alpha value is -2.82. The number of aliphatic hydroxyl groups excluding tert-OH is 1. The fraction of sp³-hybridized carbons (Fsp3) is 0.600. The molecular formula is C35H49N3O6. The summed E-state index contributed by atoms with van der Waals surface area (Å²) in [4.78, 5) is 28.1. The van der Waals surface area contributed by atoms with Gasteiger partial charge in [0.1, 0.15) is 0 Å². The molecule has 1 amide bonds. The van der Waals surface area contributed by atoms with Crippen molar-refractivity contribution in [2.24, 2.45) is 0 Å². The Kier molecular flexibility index (Phi) is 12.2. The van der Waals surface area contributed by atoms with Crippen LogP contribution in [0.1, 0.15) is 98.9 Å². The molecule has 3 aliphatic rings. The largest absolute Gasteiger partial charge is 0.481 e. The summed E-state index contributed by atoms with van der Waals surface area (Å²) in [5, 5.41) is 21.2. The van der Waals surface area contributed by atoms with Gasteiger partial charge in [-0.05, 0) is 74.8 Å². The van der Waals surface area contributed by atoms with Gasteiger partial charge in [0, 0.05) is 50.5 Å². The Morgan fingerprint density at radius 3 is 2.25 bits per heavy atom. The minimum Gasteiger partial charge on any atom is -0.481 e. The van der Waals surface area contributed by atoms with Gasteiger partial charge in [0.15, 0.2) is 6.29 Å². The molecule has 3 heterocycles. The van der Waals surface area contributed by atoms with Gasteiger partial charge < -0.3 is 29.9 Å². The fourth-order valence-electron chi connectivity index (χ4n) is 6.72. The summed E-state index contributed by atoms with van der Waals surface area (Å²) in [6, 6.07) is 16.7. The number of carbonyl (C=O) groups excluding carboxylic acids is 1. The van der Waals surface area contributed by atoms with Crippen LogP contribution in [0.25, 0.3) is 0 Å². The van der Waals surface area contributed by atoms with E-state index in [4.69, 9.17) is 14.6 Å². The molecule has 0 bridgehead atoms. The number of nitrogens with zero attached hydrogens (tertiary/aromatic N) is 2. The molecule has 3 aliphatic heterocycles. The second-order valence-electron chi connectivity index (χ2n) is 12.6. The lowest BCUT2D eigenvalue weighted by atomic mass is 9.99. The lowest BCUT2D eigenvalue weighted by molar-refractivity contribution is -0.253. The first kappa shape index (κ1) is 32.6. The number of benzene rings is 2. The number of aliphatic carboxylic acids is 1. The Bertz CT molecular complexity index is 1180. The Balaban J connectivity index is 1.19. The van der Waals surface area contributed by atoms with Gasteiger partial charge in [-0.15, -0.1) is 0 Å². The average molecular weight is 608 g/mol. The molecule has 4 atom stereocenters. The average Bonchev–Trinajstić information content (AvgIpc) is 3.72. The van der Waals surface area contributed by atoms with Gasteiger partial charge >= 0.3 is 5.97 Å². The molecule has 0 aromatic heterocycles. The summed E-state index contributed by atoms with van der Waals surface area (Å²) in [7, 11) is 0. The number of nitrogens with one attached hydrogen (secondary N) is 1. The van der Waals surface area contributed by atoms with E-state index in [-0.39, 0.29) is 31.1 Å². The Labute approximate surface area is 261 Å². The molecule has 2 aromatic rings. The maximum absolute atomic E-state index is 12.2. The number of likely N-dealkylation sites (tertiary alicyclic amines) is 2. The molecule has 0 aliphatic carbocycles. The molecule has 5 rings (SSSR count). The van der Waals surface area contributed by atoms with Crippen LogP contribution in [-0.4, -0.2) is 76.8 Å². The summed E-state index contributed by atoms with van der Waals surface area (Å²) in [5.41, 5.74) is 3.93. The van der Waals surface area contributed by atoms with E-state index in [1.165, 1.54) is 38.8 Å². The summed E-state index contributed by atoms with van der Waals surface area (Å²) < 4.78 is 13.2. The normalized spacial score (nSPS) is 24.5. The van der Waals surface area contributed by atoms with E-state index in [1.807, 2.05) is 36.4 Å². The van der Waals surface area contributed by atoms with Crippen molar-refractivity contribution in [2.45, 2.75) is 102 Å². The zero-order chi connectivity index (χ0) is 30.7. The van der Waals surface area contributed by atoms with Gasteiger partial charge in [0.2, 0.25) is 5.91 Å². The van der Waals surface area contributed by atoms with Gasteiger partial charge in [-0.3, -0.25) is 14.5 Å². The van der Waals surface area contributed by atoms with Crippen LogP contribution in [-0.2, 0) is 32.2 Å². The molecule has 9 heteroatoms. The van der Waals surface area contributed by atoms with Crippen LogP contribution < -0.4 is 5.32 Å². The Morgan fingerprint density at radius 2 is 1.52 bits per heavy atom. The number of hydrogen-bond acceptors (Lipinski definition) is 7. The quantitative estimate of drug-likeness (QED) is 0.244. The molecule has 9 nitrogen and oxygen atoms in total. The second kappa shape index (κ2) is 16.5. The van der Waals surface area contributed by atoms with E-state index in [2.05, 4.69) is 27.2 Å². The van der Waals surface area contributed by atoms with E-state index < -0.39 is 12.3 Å². The third kappa shape index (κ3) is 9.59. The van der Waals surface area contributed by atoms with Gasteiger partial charge in [-0.25, -0.2) is 0 Å². The molecule has 0 radical (unpaired) electrons. The minimum absolute atomic E-state index is 0.0210. The first-order valence-electron chi connectivity index (χ1n) is 16.5. The summed E-state index contributed by atoms with van der Waals surface area (Å²) >= 11 is 0. The van der Waals surface area contributed by atoms with Crippen LogP contribution in [0.5, 0.6) is 0 Å². The number of amides is 1. The number of carboxylic acid groups (broad SMARTS) is 1. The molecule has 0 spiro atoms. The third-order valence-electron chi connectivity index (χ3n) is 9.26. The number of rotatable bonds is 15. The fourth-order valence-corrected chi connectivity index (χ4v) is 6.72. The van der Waals surface area contributed by atoms with Gasteiger partial charge in [-0.2, -0.15) is 0 Å². The van der Waals surface area contributed by atoms with Crippen LogP contribution in [0.2, 0.25) is 0 Å². The molecule has 2 aromatic carbocycles. The molecular weight excluding hydrogens is 558 g/mol. The monoisotopic (exact) mass is 607 g/mol. The number of hydrogen-bond donors (Lipinski definition) is 3. The zero-order valence-corrected chi connectivity index (χ0v) is 25.9. The molecule has 3 saturated heterocycles. The standard InChI is InChI=1S/C35H49N3O6/c39-25-27-12-14-28(15-13-27)32-21-31(24-38-20-6-7-30(38)23-37-18-4-5-19-37)43-35(44-32)29-16-10-26(11-17-29)22-36-33(40)8-2-1-3-9-34(41)42/h10-17,30-32,35,39H,1-9,18-25H2,(H,36,40)(H,41,42). The minimum atomic E-state index is -0.794. The van der Waals surface area contributed by atoms with Crippen molar-refractivity contribution in [2.75, 3.05) is 32.7 Å². The van der Waals surface area contributed by atoms with Gasteiger partial charge in [0.05, 0.1) is 18.8 Å². The van der Waals surface area contributed by atoms with Gasteiger partial charge in [0.25, 0.3) is 0 Å². The van der Waals surface area contributed by atoms with Crippen molar-refractivity contribution >= 4 is 11.9 Å². The molecule has 44 heavy (non-hydrogen) atoms. The summed E-state index contributed by atoms with van der Waals surface area (Å²) in [6.07, 6.45) is 7.90. The highest BCUT2D eigenvalue weighted by Crippen LogP contribution is 2.39. The SMILES string of the molecule is O=C(O)CCCCCC(=O)NCc1ccc(C2OC(CN3CCCC3CN3CCCC3)CC(c3ccc(CO)cc3)O2)cc1. The molecule has 0 saturated carbocycles. The van der Waals surface area contributed by atoms with E-state index >= 15 is 0 Å². The predicted octanol–water partition coefficient (Wildman–Crippen LogP) is 4.94. The van der Waals surface area contributed by atoms with Crippen LogP contribution in [0.15, 0.2) is 48.5 Å². The maximum Gasteiger partial charge on any atom is 0.303 e. The summed E-state index contributed by atoms with van der Waals surface area (Å²) in [5.74, 6) is -0.816. The van der Waals surface area contributed by atoms with Crippen molar-refractivity contribution in [3.8, 4) is 0 Å². The smallest absolute Gasteiger partial charge is 0.303 e. The van der Waals surface area contributed by atoms with Crippen molar-refractivity contribution in [3.05, 3.63) is 70.8 Å². The van der Waals surface area contributed by atoms with Crippen LogP contribution >= 0.6 is 0 Å². The van der Waals surface area contributed by atoms with Crippen molar-refractivity contribution in [1.82, 2.24) is 15.1 Å². The zero-order valence-electron chi connectivity index (χ0n) is 25.9. The first-order valence-corrected chi connectivity index (χ1v) is 16.5. The molecule has 4 unspecified atom stereocenters. The first-order chi connectivity index (χ1) is 21.5. The lowest BCUT2D eigenvalue weighted by Crippen LogP contribution is -2.45. The number of unbranched alkanes of at least 4 members (excludes halogenated alkanes) is 2. The highest BCUT2D eigenvalue weighted by molar-refractivity contribution is 5.75. The predicted molar refractivity (Wildman–Crippen MR) is 168 cm³/mol. The molecule has 3 fully saturated rings. The molecule has 3 N–H and O–H groups in total. The van der Waals surface area contributed by atoms with Crippen LogP contribution in [0.3, 0.4) is 0 Å². The molecule has 240 valence electrons. The highest BCUT2D eigenvalue weighted by Gasteiger charge is 2.36. The number of ether oxygens (including phenoxy) is 2. The number of carbonyl (C=O) groups is 2. The highest BCUT2D eigenvalue weighted by atomic mass is 16.7. The third-order valence-corrected chi connectivity index (χ3v) is 9.26. The topological polar surface area (TPSA) is 112 Å². The lowest BCUT2D eigenvalue weighted by Gasteiger charge is -2.39. The van der Waals surface area contributed by atoms with E-state index in [9.17, 15) is 14.7 Å². The van der Waals surface area contributed by atoms with Crippen LogP contribution in [0, 0.1) is 0 Å². The van der Waals surface area contributed by atoms with Gasteiger partial charge in [-0.1, -0.05) is 55.0 Å². The van der Waals surface area contributed by atoms with Crippen molar-refractivity contribution < 1.29 is 29.3 Å². The van der Waals surface area contributed by atoms with Crippen molar-refractivity contribution in [3.63, 3.8) is 0 Å². The van der Waals surface area contributed by atoms with Crippen LogP contribution in [0.4, 0.5) is 0 Å². The Morgan fingerprint density at radius 1 is 0.818 bits per heavy atom. The van der Waals surface area contributed by atoms with E-state index in [1.54, 1.807) is 0 Å². The number of aliphatic hydroxyl groups is 1. The van der Waals surface area contributed by atoms with Crippen molar-refractivity contribution in [1.29, 1.82) is 0 Å². The van der Waals surface area contributed by atoms with E-state index in [0.29, 0.717) is 31.8 Å². The summed E-state index contributed by atoms with van der Waals surface area (Å²) in [6.45, 7) is 6.07.